The van der Waals surface area contributed by atoms with Crippen LogP contribution >= 0.6 is 0 Å². The lowest BCUT2D eigenvalue weighted by molar-refractivity contribution is 0.594. The largest absolute Gasteiger partial charge is 0.316 e. The van der Waals surface area contributed by atoms with Gasteiger partial charge in [0.2, 0.25) is 0 Å². The summed E-state index contributed by atoms with van der Waals surface area (Å²) < 4.78 is 0. The Bertz CT molecular complexity index is 542. The van der Waals surface area contributed by atoms with E-state index in [0.29, 0.717) is 5.92 Å². The van der Waals surface area contributed by atoms with Gasteiger partial charge in [-0.3, -0.25) is 0 Å². The fraction of sp³-hybridized carbons (Fsp3) is 0.400. The maximum atomic E-state index is 3.51. The first-order valence-corrected chi connectivity index (χ1v) is 8.08. The summed E-state index contributed by atoms with van der Waals surface area (Å²) in [7, 11) is 0. The highest BCUT2D eigenvalue weighted by molar-refractivity contribution is 5.29. The Balaban J connectivity index is 2.15. The van der Waals surface area contributed by atoms with Crippen molar-refractivity contribution >= 4 is 0 Å². The quantitative estimate of drug-likeness (QED) is 0.788. The Morgan fingerprint density at radius 3 is 2.29 bits per heavy atom. The van der Waals surface area contributed by atoms with Crippen LogP contribution < -0.4 is 5.32 Å². The monoisotopic (exact) mass is 281 g/mol. The maximum absolute atomic E-state index is 3.51. The van der Waals surface area contributed by atoms with Gasteiger partial charge in [-0.25, -0.2) is 0 Å². The van der Waals surface area contributed by atoms with Crippen LogP contribution in [0, 0.1) is 6.92 Å². The van der Waals surface area contributed by atoms with E-state index in [4.69, 9.17) is 0 Å². The van der Waals surface area contributed by atoms with E-state index in [1.807, 2.05) is 0 Å². The first kappa shape index (κ1) is 15.8. The highest BCUT2D eigenvalue weighted by Gasteiger charge is 2.12. The van der Waals surface area contributed by atoms with Crippen molar-refractivity contribution in [2.24, 2.45) is 0 Å². The molecule has 0 fully saturated rings. The molecule has 112 valence electrons. The summed E-state index contributed by atoms with van der Waals surface area (Å²) in [6.45, 7) is 8.61. The number of likely N-dealkylation sites (N-methyl/N-ethyl adjacent to an activating group) is 1. The van der Waals surface area contributed by atoms with Gasteiger partial charge in [-0.1, -0.05) is 67.9 Å². The molecule has 0 saturated heterocycles. The summed E-state index contributed by atoms with van der Waals surface area (Å²) in [6.07, 6.45) is 2.21. The van der Waals surface area contributed by atoms with Crippen LogP contribution in [0.2, 0.25) is 0 Å². The first-order chi connectivity index (χ1) is 10.2. The molecule has 1 nitrogen and oxygen atoms in total. The van der Waals surface area contributed by atoms with E-state index >= 15 is 0 Å². The molecule has 0 aromatic heterocycles. The molecular weight excluding hydrogens is 254 g/mol. The molecule has 0 aliphatic carbocycles. The van der Waals surface area contributed by atoms with E-state index < -0.39 is 0 Å². The third-order valence-corrected chi connectivity index (χ3v) is 4.07. The van der Waals surface area contributed by atoms with E-state index in [0.717, 1.165) is 25.9 Å². The zero-order chi connectivity index (χ0) is 15.1. The van der Waals surface area contributed by atoms with Gasteiger partial charge >= 0.3 is 0 Å². The minimum atomic E-state index is 0.539. The van der Waals surface area contributed by atoms with Gasteiger partial charge in [-0.2, -0.15) is 0 Å². The van der Waals surface area contributed by atoms with Gasteiger partial charge in [0.25, 0.3) is 0 Å². The normalized spacial score (nSPS) is 12.3. The third-order valence-electron chi connectivity index (χ3n) is 4.07. The molecule has 2 aromatic carbocycles. The van der Waals surface area contributed by atoms with Gasteiger partial charge in [0.1, 0.15) is 0 Å². The molecule has 0 aliphatic rings. The van der Waals surface area contributed by atoms with E-state index in [9.17, 15) is 0 Å². The zero-order valence-electron chi connectivity index (χ0n) is 13.5. The Morgan fingerprint density at radius 2 is 1.67 bits per heavy atom. The fourth-order valence-corrected chi connectivity index (χ4v) is 2.75. The second kappa shape index (κ2) is 7.99. The average molecular weight is 281 g/mol. The van der Waals surface area contributed by atoms with Crippen molar-refractivity contribution in [2.75, 3.05) is 13.1 Å². The van der Waals surface area contributed by atoms with E-state index in [-0.39, 0.29) is 0 Å². The Hall–Kier alpha value is -1.60. The summed E-state index contributed by atoms with van der Waals surface area (Å²) in [5.41, 5.74) is 5.62. The number of aryl methyl sites for hydroxylation is 2. The molecule has 2 aromatic rings. The van der Waals surface area contributed by atoms with Crippen molar-refractivity contribution in [2.45, 2.75) is 39.5 Å². The van der Waals surface area contributed by atoms with Gasteiger partial charge in [0.05, 0.1) is 0 Å². The smallest absolute Gasteiger partial charge is 0.00232 e. The van der Waals surface area contributed by atoms with Crippen molar-refractivity contribution in [1.29, 1.82) is 0 Å². The van der Waals surface area contributed by atoms with E-state index in [1.165, 1.54) is 22.3 Å². The SMILES string of the molecule is CCNCC(Cc1ccc(CC)cc1)c1cccc(C)c1. The Labute approximate surface area is 129 Å². The summed E-state index contributed by atoms with van der Waals surface area (Å²) >= 11 is 0. The summed E-state index contributed by atoms with van der Waals surface area (Å²) in [6, 6.07) is 18.0. The molecule has 1 N–H and O–H groups in total. The lowest BCUT2D eigenvalue weighted by Crippen LogP contribution is -2.22. The first-order valence-electron chi connectivity index (χ1n) is 8.08. The minimum absolute atomic E-state index is 0.539. The van der Waals surface area contributed by atoms with Crippen LogP contribution in [0.15, 0.2) is 48.5 Å². The van der Waals surface area contributed by atoms with Gasteiger partial charge < -0.3 is 5.32 Å². The number of nitrogens with one attached hydrogen (secondary N) is 1. The molecule has 0 heterocycles. The van der Waals surface area contributed by atoms with Crippen LogP contribution in [0.4, 0.5) is 0 Å². The van der Waals surface area contributed by atoms with Crippen LogP contribution in [-0.4, -0.2) is 13.1 Å². The van der Waals surface area contributed by atoms with Crippen molar-refractivity contribution in [3.05, 3.63) is 70.8 Å². The van der Waals surface area contributed by atoms with Gasteiger partial charge in [-0.15, -0.1) is 0 Å². The van der Waals surface area contributed by atoms with Crippen molar-refractivity contribution in [3.8, 4) is 0 Å². The molecule has 0 radical (unpaired) electrons. The fourth-order valence-electron chi connectivity index (χ4n) is 2.75. The second-order valence-electron chi connectivity index (χ2n) is 5.79. The number of rotatable bonds is 7. The maximum Gasteiger partial charge on any atom is 0.00232 e. The van der Waals surface area contributed by atoms with Gasteiger partial charge in [0.15, 0.2) is 0 Å². The van der Waals surface area contributed by atoms with Crippen molar-refractivity contribution in [1.82, 2.24) is 5.32 Å². The predicted molar refractivity (Wildman–Crippen MR) is 92.0 cm³/mol. The predicted octanol–water partition coefficient (Wildman–Crippen LogP) is 4.49. The summed E-state index contributed by atoms with van der Waals surface area (Å²) in [5, 5.41) is 3.51. The van der Waals surface area contributed by atoms with Crippen LogP contribution in [0.25, 0.3) is 0 Å². The van der Waals surface area contributed by atoms with Crippen molar-refractivity contribution < 1.29 is 0 Å². The van der Waals surface area contributed by atoms with Crippen LogP contribution in [0.3, 0.4) is 0 Å². The van der Waals surface area contributed by atoms with E-state index in [1.54, 1.807) is 0 Å². The molecule has 0 spiro atoms. The van der Waals surface area contributed by atoms with Crippen molar-refractivity contribution in [3.63, 3.8) is 0 Å². The number of benzene rings is 2. The molecule has 1 atom stereocenters. The lowest BCUT2D eigenvalue weighted by atomic mass is 9.90. The minimum Gasteiger partial charge on any atom is -0.316 e. The van der Waals surface area contributed by atoms with Gasteiger partial charge in [0, 0.05) is 12.5 Å². The second-order valence-corrected chi connectivity index (χ2v) is 5.79. The van der Waals surface area contributed by atoms with Crippen LogP contribution in [-0.2, 0) is 12.8 Å². The average Bonchev–Trinajstić information content (AvgIpc) is 2.52. The number of hydrogen-bond acceptors (Lipinski definition) is 1. The van der Waals surface area contributed by atoms with Crippen LogP contribution in [0.5, 0.6) is 0 Å². The van der Waals surface area contributed by atoms with Gasteiger partial charge in [-0.05, 0) is 43.0 Å². The highest BCUT2D eigenvalue weighted by atomic mass is 14.8. The van der Waals surface area contributed by atoms with Crippen LogP contribution in [0.1, 0.15) is 42.0 Å². The lowest BCUT2D eigenvalue weighted by Gasteiger charge is -2.19. The summed E-state index contributed by atoms with van der Waals surface area (Å²) in [4.78, 5) is 0. The molecule has 0 saturated carbocycles. The molecular formula is C20H27N. The van der Waals surface area contributed by atoms with E-state index in [2.05, 4.69) is 74.6 Å². The molecule has 0 bridgehead atoms. The molecule has 21 heavy (non-hydrogen) atoms. The molecule has 0 aliphatic heterocycles. The molecule has 1 unspecified atom stereocenters. The molecule has 0 amide bonds. The molecule has 1 heteroatoms. The molecule has 2 rings (SSSR count). The number of hydrogen-bond donors (Lipinski definition) is 1. The summed E-state index contributed by atoms with van der Waals surface area (Å²) in [5.74, 6) is 0.539. The Kier molecular flexibility index (Phi) is 6.01. The highest BCUT2D eigenvalue weighted by Crippen LogP contribution is 2.22. The zero-order valence-corrected chi connectivity index (χ0v) is 13.5. The third kappa shape index (κ3) is 4.71. The Morgan fingerprint density at radius 1 is 0.952 bits per heavy atom. The standard InChI is InChI=1S/C20H27N/c1-4-17-9-11-18(12-10-17)14-20(15-21-5-2)19-8-6-7-16(3)13-19/h6-13,20-21H,4-5,14-15H2,1-3H3. The topological polar surface area (TPSA) is 12.0 Å².